The number of amides is 1. The minimum atomic E-state index is -0.707. The molecule has 0 aromatic heterocycles. The Balaban J connectivity index is 0.00000361. The molecule has 0 saturated carbocycles. The Morgan fingerprint density at radius 2 is 2.05 bits per heavy atom. The zero-order valence-corrected chi connectivity index (χ0v) is 12.8. The van der Waals surface area contributed by atoms with Gasteiger partial charge in [-0.1, -0.05) is 32.0 Å². The zero-order valence-electron chi connectivity index (χ0n) is 12.0. The summed E-state index contributed by atoms with van der Waals surface area (Å²) >= 11 is 0. The van der Waals surface area contributed by atoms with Crippen LogP contribution in [0.3, 0.4) is 0 Å². The number of methoxy groups -OCH3 is 1. The second-order valence-corrected chi connectivity index (χ2v) is 5.14. The van der Waals surface area contributed by atoms with E-state index >= 15 is 0 Å². The molecule has 1 unspecified atom stereocenters. The predicted octanol–water partition coefficient (Wildman–Crippen LogP) is 1.62. The van der Waals surface area contributed by atoms with Crippen LogP contribution >= 0.6 is 12.4 Å². The lowest BCUT2D eigenvalue weighted by atomic mass is 9.84. The largest absolute Gasteiger partial charge is 0.383 e. The minimum Gasteiger partial charge on any atom is -0.383 e. The third kappa shape index (κ3) is 5.07. The maximum absolute atomic E-state index is 13.7. The molecule has 0 heterocycles. The average molecular weight is 305 g/mol. The quantitative estimate of drug-likeness (QED) is 0.839. The number of nitrogens with one attached hydrogen (secondary N) is 1. The van der Waals surface area contributed by atoms with Gasteiger partial charge in [0.15, 0.2) is 0 Å². The number of carbonyl (C=O) groups excluding carboxylic acids is 1. The lowest BCUT2D eigenvalue weighted by Crippen LogP contribution is -2.47. The first-order chi connectivity index (χ1) is 8.88. The highest BCUT2D eigenvalue weighted by atomic mass is 35.5. The van der Waals surface area contributed by atoms with E-state index in [0.717, 1.165) is 0 Å². The molecule has 0 aliphatic rings. The van der Waals surface area contributed by atoms with Gasteiger partial charge < -0.3 is 15.8 Å². The van der Waals surface area contributed by atoms with Crippen LogP contribution in [0.5, 0.6) is 0 Å². The Bertz CT molecular complexity index is 441. The van der Waals surface area contributed by atoms with Crippen molar-refractivity contribution < 1.29 is 13.9 Å². The van der Waals surface area contributed by atoms with Gasteiger partial charge in [0.05, 0.1) is 6.61 Å². The molecular formula is C14H22ClFN2O2. The van der Waals surface area contributed by atoms with Crippen molar-refractivity contribution in [3.05, 3.63) is 35.6 Å². The average Bonchev–Trinajstić information content (AvgIpc) is 2.36. The Hall–Kier alpha value is -1.17. The minimum absolute atomic E-state index is 0. The molecule has 1 aromatic carbocycles. The fourth-order valence-corrected chi connectivity index (χ4v) is 1.80. The summed E-state index contributed by atoms with van der Waals surface area (Å²) in [6.07, 6.45) is 0. The molecule has 0 radical (unpaired) electrons. The van der Waals surface area contributed by atoms with E-state index in [2.05, 4.69) is 5.32 Å². The summed E-state index contributed by atoms with van der Waals surface area (Å²) in [5, 5.41) is 2.72. The highest BCUT2D eigenvalue weighted by Gasteiger charge is 2.25. The van der Waals surface area contributed by atoms with E-state index in [1.54, 1.807) is 18.2 Å². The summed E-state index contributed by atoms with van der Waals surface area (Å²) in [5.41, 5.74) is 5.67. The van der Waals surface area contributed by atoms with Crippen molar-refractivity contribution in [1.82, 2.24) is 5.32 Å². The molecule has 4 nitrogen and oxygen atoms in total. The molecule has 0 saturated heterocycles. The summed E-state index contributed by atoms with van der Waals surface area (Å²) in [6, 6.07) is 5.84. The van der Waals surface area contributed by atoms with Crippen LogP contribution in [0.25, 0.3) is 0 Å². The van der Waals surface area contributed by atoms with Gasteiger partial charge >= 0.3 is 0 Å². The van der Waals surface area contributed by atoms with Crippen molar-refractivity contribution in [3.63, 3.8) is 0 Å². The molecule has 20 heavy (non-hydrogen) atoms. The Morgan fingerprint density at radius 1 is 1.45 bits per heavy atom. The molecule has 0 spiro atoms. The lowest BCUT2D eigenvalue weighted by molar-refractivity contribution is -0.123. The molecule has 6 heteroatoms. The number of ether oxygens (including phenoxy) is 1. The van der Waals surface area contributed by atoms with Crippen LogP contribution in [0.15, 0.2) is 24.3 Å². The van der Waals surface area contributed by atoms with E-state index in [4.69, 9.17) is 10.5 Å². The first kappa shape index (κ1) is 18.8. The van der Waals surface area contributed by atoms with Crippen LogP contribution in [0.4, 0.5) is 4.39 Å². The van der Waals surface area contributed by atoms with Gasteiger partial charge in [-0.05, 0) is 11.6 Å². The Morgan fingerprint density at radius 3 is 2.60 bits per heavy atom. The fourth-order valence-electron chi connectivity index (χ4n) is 1.80. The third-order valence-corrected chi connectivity index (χ3v) is 2.99. The van der Waals surface area contributed by atoms with E-state index in [0.29, 0.717) is 12.1 Å². The number of halogens is 2. The molecule has 1 amide bonds. The number of nitrogens with two attached hydrogens (primary N) is 1. The van der Waals surface area contributed by atoms with Crippen molar-refractivity contribution >= 4 is 18.3 Å². The summed E-state index contributed by atoms with van der Waals surface area (Å²) in [4.78, 5) is 11.7. The van der Waals surface area contributed by atoms with Crippen LogP contribution in [0.1, 0.15) is 19.4 Å². The van der Waals surface area contributed by atoms with E-state index in [-0.39, 0.29) is 30.7 Å². The number of hydrogen-bond acceptors (Lipinski definition) is 3. The van der Waals surface area contributed by atoms with Crippen LogP contribution < -0.4 is 11.1 Å². The number of rotatable bonds is 6. The van der Waals surface area contributed by atoms with E-state index in [9.17, 15) is 9.18 Å². The summed E-state index contributed by atoms with van der Waals surface area (Å²) in [5.74, 6) is -0.575. The van der Waals surface area contributed by atoms with Gasteiger partial charge in [0.25, 0.3) is 0 Å². The van der Waals surface area contributed by atoms with Crippen LogP contribution in [0, 0.1) is 5.82 Å². The van der Waals surface area contributed by atoms with Gasteiger partial charge in [-0.2, -0.15) is 0 Å². The van der Waals surface area contributed by atoms with Gasteiger partial charge in [-0.15, -0.1) is 12.4 Å². The molecule has 0 aliphatic carbocycles. The molecule has 0 aliphatic heterocycles. The molecule has 0 fully saturated rings. The zero-order chi connectivity index (χ0) is 14.5. The normalized spacial score (nSPS) is 12.4. The van der Waals surface area contributed by atoms with Gasteiger partial charge in [0.2, 0.25) is 5.91 Å². The third-order valence-electron chi connectivity index (χ3n) is 2.99. The van der Waals surface area contributed by atoms with Crippen LogP contribution in [-0.4, -0.2) is 32.2 Å². The fraction of sp³-hybridized carbons (Fsp3) is 0.500. The first-order valence-electron chi connectivity index (χ1n) is 6.15. The number of hydrogen-bond donors (Lipinski definition) is 2. The van der Waals surface area contributed by atoms with Crippen molar-refractivity contribution in [2.45, 2.75) is 25.3 Å². The lowest BCUT2D eigenvalue weighted by Gasteiger charge is -2.26. The topological polar surface area (TPSA) is 64.3 Å². The number of carbonyl (C=O) groups is 1. The van der Waals surface area contributed by atoms with Crippen molar-refractivity contribution in [1.29, 1.82) is 0 Å². The Labute approximate surface area is 125 Å². The highest BCUT2D eigenvalue weighted by Crippen LogP contribution is 2.24. The van der Waals surface area contributed by atoms with E-state index in [1.807, 2.05) is 13.8 Å². The smallest absolute Gasteiger partial charge is 0.239 e. The second-order valence-electron chi connectivity index (χ2n) is 5.14. The predicted molar refractivity (Wildman–Crippen MR) is 79.5 cm³/mol. The maximum Gasteiger partial charge on any atom is 0.239 e. The molecule has 0 bridgehead atoms. The van der Waals surface area contributed by atoms with Crippen LogP contribution in [-0.2, 0) is 14.9 Å². The Kier molecular flexibility index (Phi) is 7.71. The summed E-state index contributed by atoms with van der Waals surface area (Å²) in [7, 11) is 1.48. The van der Waals surface area contributed by atoms with Gasteiger partial charge in [0.1, 0.15) is 11.9 Å². The SMILES string of the molecule is COCC(N)C(=O)NCC(C)(C)c1ccccc1F.Cl. The second kappa shape index (κ2) is 8.19. The van der Waals surface area contributed by atoms with E-state index < -0.39 is 11.5 Å². The molecule has 1 atom stereocenters. The standard InChI is InChI=1S/C14H21FN2O2.ClH/c1-14(2,10-6-4-5-7-11(10)15)9-17-13(18)12(16)8-19-3;/h4-7,12H,8-9,16H2,1-3H3,(H,17,18);1H. The highest BCUT2D eigenvalue weighted by molar-refractivity contribution is 5.85. The van der Waals surface area contributed by atoms with Crippen molar-refractivity contribution in [2.75, 3.05) is 20.3 Å². The molecular weight excluding hydrogens is 283 g/mol. The molecule has 1 rings (SSSR count). The van der Waals surface area contributed by atoms with Crippen LogP contribution in [0.2, 0.25) is 0 Å². The van der Waals surface area contributed by atoms with Crippen molar-refractivity contribution in [3.8, 4) is 0 Å². The number of benzene rings is 1. The van der Waals surface area contributed by atoms with Gasteiger partial charge in [-0.3, -0.25) is 4.79 Å². The molecule has 3 N–H and O–H groups in total. The monoisotopic (exact) mass is 304 g/mol. The van der Waals surface area contributed by atoms with Gasteiger partial charge in [-0.25, -0.2) is 4.39 Å². The van der Waals surface area contributed by atoms with Crippen molar-refractivity contribution in [2.24, 2.45) is 5.73 Å². The molecule has 1 aromatic rings. The first-order valence-corrected chi connectivity index (χ1v) is 6.15. The van der Waals surface area contributed by atoms with Gasteiger partial charge in [0, 0.05) is 19.1 Å². The summed E-state index contributed by atoms with van der Waals surface area (Å²) < 4.78 is 18.5. The molecule has 114 valence electrons. The maximum atomic E-state index is 13.7. The van der Waals surface area contributed by atoms with E-state index in [1.165, 1.54) is 13.2 Å². The summed E-state index contributed by atoms with van der Waals surface area (Å²) in [6.45, 7) is 4.21.